The highest BCUT2D eigenvalue weighted by Gasteiger charge is 2.44. The van der Waals surface area contributed by atoms with Crippen LogP contribution in [0.25, 0.3) is 0 Å². The van der Waals surface area contributed by atoms with Gasteiger partial charge in [-0.3, -0.25) is 10.1 Å². The van der Waals surface area contributed by atoms with Crippen molar-refractivity contribution in [2.45, 2.75) is 18.4 Å². The van der Waals surface area contributed by atoms with Crippen LogP contribution >= 0.6 is 0 Å². The number of anilines is 1. The van der Waals surface area contributed by atoms with Gasteiger partial charge in [-0.2, -0.15) is 0 Å². The van der Waals surface area contributed by atoms with Gasteiger partial charge in [0.15, 0.2) is 11.5 Å². The minimum Gasteiger partial charge on any atom is -0.493 e. The largest absolute Gasteiger partial charge is 0.493 e. The van der Waals surface area contributed by atoms with E-state index in [1.54, 1.807) is 26.4 Å². The van der Waals surface area contributed by atoms with Crippen molar-refractivity contribution in [1.82, 2.24) is 0 Å². The van der Waals surface area contributed by atoms with Gasteiger partial charge >= 0.3 is 0 Å². The molecule has 0 saturated carbocycles. The summed E-state index contributed by atoms with van der Waals surface area (Å²) in [7, 11) is 3.29. The van der Waals surface area contributed by atoms with Gasteiger partial charge in [0.05, 0.1) is 25.2 Å². The van der Waals surface area contributed by atoms with Crippen LogP contribution in [0.2, 0.25) is 0 Å². The van der Waals surface area contributed by atoms with E-state index in [0.29, 0.717) is 5.75 Å². The molecule has 0 radical (unpaired) electrons. The summed E-state index contributed by atoms with van der Waals surface area (Å²) >= 11 is 0. The van der Waals surface area contributed by atoms with E-state index >= 15 is 0 Å². The number of hydrogen-bond acceptors (Lipinski definition) is 5. The van der Waals surface area contributed by atoms with E-state index in [1.165, 1.54) is 11.1 Å². The molecule has 6 nitrogen and oxygen atoms in total. The number of nitrogens with zero attached hydrogens (tertiary/aromatic N) is 1. The van der Waals surface area contributed by atoms with E-state index in [-0.39, 0.29) is 28.5 Å². The highest BCUT2D eigenvalue weighted by atomic mass is 16.6. The van der Waals surface area contributed by atoms with Gasteiger partial charge in [-0.1, -0.05) is 36.4 Å². The molecule has 0 aromatic heterocycles. The molecule has 1 N–H and O–H groups in total. The summed E-state index contributed by atoms with van der Waals surface area (Å²) in [6.07, 6.45) is 0.890. The monoisotopic (exact) mass is 402 g/mol. The average Bonchev–Trinajstić information content (AvgIpc) is 3.17. The van der Waals surface area contributed by atoms with Crippen molar-refractivity contribution in [3.8, 4) is 11.5 Å². The van der Waals surface area contributed by atoms with Crippen LogP contribution in [-0.4, -0.2) is 19.1 Å². The van der Waals surface area contributed by atoms with Gasteiger partial charge < -0.3 is 14.8 Å². The van der Waals surface area contributed by atoms with Crippen molar-refractivity contribution in [3.05, 3.63) is 93.0 Å². The Labute approximate surface area is 174 Å². The normalized spacial score (nSPS) is 21.1. The molecule has 3 unspecified atom stereocenters. The van der Waals surface area contributed by atoms with Crippen LogP contribution in [0.4, 0.5) is 11.4 Å². The number of fused-ring (bicyclic) bond motifs is 5. The van der Waals surface area contributed by atoms with Crippen LogP contribution in [0.3, 0.4) is 0 Å². The first-order valence-electron chi connectivity index (χ1n) is 9.96. The summed E-state index contributed by atoms with van der Waals surface area (Å²) in [4.78, 5) is 11.1. The predicted octanol–water partition coefficient (Wildman–Crippen LogP) is 5.08. The molecule has 0 spiro atoms. The van der Waals surface area contributed by atoms with Crippen LogP contribution in [0.1, 0.15) is 34.2 Å². The molecule has 3 atom stereocenters. The number of hydrogen-bond donors (Lipinski definition) is 1. The zero-order valence-corrected chi connectivity index (χ0v) is 16.8. The first kappa shape index (κ1) is 18.5. The van der Waals surface area contributed by atoms with Crippen molar-refractivity contribution in [2.24, 2.45) is 5.92 Å². The predicted molar refractivity (Wildman–Crippen MR) is 114 cm³/mol. The van der Waals surface area contributed by atoms with Gasteiger partial charge in [0, 0.05) is 29.3 Å². The average molecular weight is 402 g/mol. The highest BCUT2D eigenvalue weighted by Crippen LogP contribution is 2.55. The number of nitro groups is 1. The van der Waals surface area contributed by atoms with Gasteiger partial charge in [-0.05, 0) is 41.2 Å². The fourth-order valence-electron chi connectivity index (χ4n) is 5.13. The van der Waals surface area contributed by atoms with Crippen molar-refractivity contribution in [2.75, 3.05) is 19.5 Å². The number of methoxy groups -OCH3 is 2. The Morgan fingerprint density at radius 1 is 0.967 bits per heavy atom. The molecule has 0 amide bonds. The topological polar surface area (TPSA) is 73.6 Å². The molecule has 0 bridgehead atoms. The zero-order valence-electron chi connectivity index (χ0n) is 16.8. The lowest BCUT2D eigenvalue weighted by molar-refractivity contribution is -0.384. The van der Waals surface area contributed by atoms with Crippen LogP contribution in [-0.2, 0) is 6.42 Å². The quantitative estimate of drug-likeness (QED) is 0.486. The number of nitrogens with one attached hydrogen (secondary N) is 1. The highest BCUT2D eigenvalue weighted by molar-refractivity contribution is 5.66. The lowest BCUT2D eigenvalue weighted by Crippen LogP contribution is -2.30. The molecular weight excluding hydrogens is 380 g/mol. The third-order valence-corrected chi connectivity index (χ3v) is 6.36. The molecule has 3 aromatic carbocycles. The fraction of sp³-hybridized carbons (Fsp3) is 0.250. The van der Waals surface area contributed by atoms with Crippen LogP contribution in [0.15, 0.2) is 60.7 Å². The maximum atomic E-state index is 11.4. The first-order valence-corrected chi connectivity index (χ1v) is 9.96. The summed E-state index contributed by atoms with van der Waals surface area (Å²) in [6.45, 7) is 0. The van der Waals surface area contributed by atoms with Gasteiger partial charge in [-0.25, -0.2) is 0 Å². The summed E-state index contributed by atoms with van der Waals surface area (Å²) in [5, 5.41) is 15.1. The second-order valence-corrected chi connectivity index (χ2v) is 7.78. The molecular formula is C24H22N2O4. The summed E-state index contributed by atoms with van der Waals surface area (Å²) in [5.41, 5.74) is 5.60. The molecule has 2 aliphatic rings. The molecule has 1 heterocycles. The van der Waals surface area contributed by atoms with Gasteiger partial charge in [0.1, 0.15) is 0 Å². The number of para-hydroxylation sites is 1. The molecule has 0 fully saturated rings. The first-order chi connectivity index (χ1) is 14.6. The Morgan fingerprint density at radius 3 is 2.53 bits per heavy atom. The lowest BCUT2D eigenvalue weighted by atomic mass is 9.75. The second-order valence-electron chi connectivity index (χ2n) is 7.78. The third-order valence-electron chi connectivity index (χ3n) is 6.36. The third kappa shape index (κ3) is 2.71. The van der Waals surface area contributed by atoms with E-state index < -0.39 is 0 Å². The molecule has 152 valence electrons. The molecule has 0 saturated heterocycles. The fourth-order valence-corrected chi connectivity index (χ4v) is 5.13. The van der Waals surface area contributed by atoms with Crippen molar-refractivity contribution >= 4 is 11.4 Å². The lowest BCUT2D eigenvalue weighted by Gasteiger charge is -2.38. The van der Waals surface area contributed by atoms with Crippen LogP contribution in [0.5, 0.6) is 11.5 Å². The second kappa shape index (κ2) is 7.06. The molecule has 5 rings (SSSR count). The van der Waals surface area contributed by atoms with E-state index in [0.717, 1.165) is 29.0 Å². The Morgan fingerprint density at radius 2 is 1.77 bits per heavy atom. The van der Waals surface area contributed by atoms with Gasteiger partial charge in [0.25, 0.3) is 5.69 Å². The molecule has 6 heteroatoms. The van der Waals surface area contributed by atoms with Crippen molar-refractivity contribution in [3.63, 3.8) is 0 Å². The SMILES string of the molecule is COc1cccc(C2Nc3ccc([N+](=O)[O-])cc3C3c4ccccc4CC23)c1OC. The molecule has 3 aromatic rings. The Kier molecular flexibility index (Phi) is 4.35. The zero-order chi connectivity index (χ0) is 20.8. The maximum absolute atomic E-state index is 11.4. The number of non-ortho nitro benzene ring substituents is 1. The Hall–Kier alpha value is -3.54. The number of rotatable bonds is 4. The van der Waals surface area contributed by atoms with Crippen LogP contribution in [0, 0.1) is 16.0 Å². The van der Waals surface area contributed by atoms with E-state index in [4.69, 9.17) is 9.47 Å². The smallest absolute Gasteiger partial charge is 0.269 e. The number of nitro benzene ring substituents is 1. The number of ether oxygens (including phenoxy) is 2. The summed E-state index contributed by atoms with van der Waals surface area (Å²) < 4.78 is 11.3. The standard InChI is InChI=1S/C24H22N2O4/c1-29-21-9-5-8-17(24(21)30-2)23-19-12-14-6-3-4-7-16(14)22(19)18-13-15(26(27)28)10-11-20(18)25-23/h3-11,13,19,22-23,25H,12H2,1-2H3. The summed E-state index contributed by atoms with van der Waals surface area (Å²) in [5.74, 6) is 1.70. The van der Waals surface area contributed by atoms with Gasteiger partial charge in [0.2, 0.25) is 0 Å². The molecule has 30 heavy (non-hydrogen) atoms. The minimum absolute atomic E-state index is 0.0126. The van der Waals surface area contributed by atoms with Crippen molar-refractivity contribution < 1.29 is 14.4 Å². The van der Waals surface area contributed by atoms with Gasteiger partial charge in [-0.15, -0.1) is 0 Å². The minimum atomic E-state index is -0.326. The Balaban J connectivity index is 1.70. The summed E-state index contributed by atoms with van der Waals surface area (Å²) in [6, 6.07) is 19.4. The Bertz CT molecular complexity index is 1140. The molecule has 1 aliphatic heterocycles. The number of benzene rings is 3. The van der Waals surface area contributed by atoms with E-state index in [9.17, 15) is 10.1 Å². The molecule has 1 aliphatic carbocycles. The van der Waals surface area contributed by atoms with Crippen molar-refractivity contribution in [1.29, 1.82) is 0 Å². The van der Waals surface area contributed by atoms with E-state index in [1.807, 2.05) is 24.3 Å². The van der Waals surface area contributed by atoms with E-state index in [2.05, 4.69) is 29.6 Å². The maximum Gasteiger partial charge on any atom is 0.269 e. The van der Waals surface area contributed by atoms with Crippen LogP contribution < -0.4 is 14.8 Å².